The van der Waals surface area contributed by atoms with Crippen molar-refractivity contribution in [3.8, 4) is 11.4 Å². The maximum Gasteiger partial charge on any atom is 0.274 e. The number of aryl methyl sites for hydroxylation is 2. The Morgan fingerprint density at radius 1 is 1.03 bits per heavy atom. The summed E-state index contributed by atoms with van der Waals surface area (Å²) in [4.78, 5) is 13.2. The normalized spacial score (nSPS) is 11.4. The minimum atomic E-state index is -0.353. The number of nitrogens with one attached hydrogen (secondary N) is 1. The van der Waals surface area contributed by atoms with E-state index in [4.69, 9.17) is 4.42 Å². The van der Waals surface area contributed by atoms with Crippen molar-refractivity contribution in [2.45, 2.75) is 13.8 Å². The summed E-state index contributed by atoms with van der Waals surface area (Å²) >= 11 is 0. The van der Waals surface area contributed by atoms with Crippen molar-refractivity contribution in [2.24, 2.45) is 0 Å². The molecular weight excluding hydrogens is 366 g/mol. The first-order valence-corrected chi connectivity index (χ1v) is 9.10. The second-order valence-corrected chi connectivity index (χ2v) is 6.58. The van der Waals surface area contributed by atoms with Crippen LogP contribution in [0, 0.1) is 13.8 Å². The Morgan fingerprint density at radius 2 is 1.86 bits per heavy atom. The van der Waals surface area contributed by atoms with E-state index in [-0.39, 0.29) is 11.6 Å². The predicted octanol–water partition coefficient (Wildman–Crippen LogP) is 4.19. The number of hydrogen-bond donors (Lipinski definition) is 1. The fraction of sp³-hybridized carbons (Fsp3) is 0.0909. The van der Waals surface area contributed by atoms with Crippen molar-refractivity contribution in [3.05, 3.63) is 83.8 Å². The molecule has 1 N–H and O–H groups in total. The summed E-state index contributed by atoms with van der Waals surface area (Å²) < 4.78 is 6.82. The van der Waals surface area contributed by atoms with Gasteiger partial charge in [-0.25, -0.2) is 0 Å². The van der Waals surface area contributed by atoms with Crippen molar-refractivity contribution in [3.63, 3.8) is 0 Å². The first kappa shape index (κ1) is 18.4. The number of nitrogens with zero attached hydrogens (tertiary/aromatic N) is 4. The molecule has 0 aliphatic heterocycles. The second-order valence-electron chi connectivity index (χ2n) is 6.58. The average molecular weight is 385 g/mol. The Balaban J connectivity index is 1.75. The lowest BCUT2D eigenvalue weighted by Gasteiger charge is -2.11. The minimum Gasteiger partial charge on any atom is -0.465 e. The molecule has 29 heavy (non-hydrogen) atoms. The highest BCUT2D eigenvalue weighted by Crippen LogP contribution is 2.22. The van der Waals surface area contributed by atoms with Crippen LogP contribution in [0.4, 0.5) is 5.69 Å². The van der Waals surface area contributed by atoms with E-state index < -0.39 is 0 Å². The van der Waals surface area contributed by atoms with Gasteiger partial charge in [-0.15, -0.1) is 5.10 Å². The van der Waals surface area contributed by atoms with Gasteiger partial charge in [0.05, 0.1) is 6.26 Å². The predicted molar refractivity (Wildman–Crippen MR) is 111 cm³/mol. The molecule has 0 bridgehead atoms. The molecule has 0 saturated heterocycles. The van der Waals surface area contributed by atoms with Gasteiger partial charge in [0.1, 0.15) is 11.5 Å². The lowest BCUT2D eigenvalue weighted by atomic mass is 10.1. The molecule has 2 aromatic heterocycles. The Hall–Kier alpha value is -4.00. The zero-order valence-electron chi connectivity index (χ0n) is 16.0. The SMILES string of the molecule is Cc1ccc(NC(=O)/C(=C/c2ccco2)n2nnnc2-c2ccccc2)cc1C. The summed E-state index contributed by atoms with van der Waals surface area (Å²) in [6.07, 6.45) is 3.15. The first-order valence-electron chi connectivity index (χ1n) is 9.10. The summed E-state index contributed by atoms with van der Waals surface area (Å²) in [6, 6.07) is 18.7. The van der Waals surface area contributed by atoms with E-state index in [2.05, 4.69) is 20.8 Å². The third-order valence-electron chi connectivity index (χ3n) is 4.55. The van der Waals surface area contributed by atoms with Gasteiger partial charge in [-0.3, -0.25) is 4.79 Å². The van der Waals surface area contributed by atoms with Gasteiger partial charge >= 0.3 is 0 Å². The fourth-order valence-corrected chi connectivity index (χ4v) is 2.86. The molecule has 0 aliphatic rings. The van der Waals surface area contributed by atoms with E-state index in [9.17, 15) is 4.79 Å². The number of rotatable bonds is 5. The Labute approximate surface area is 167 Å². The van der Waals surface area contributed by atoms with Crippen LogP contribution in [0.2, 0.25) is 0 Å². The molecule has 0 saturated carbocycles. The van der Waals surface area contributed by atoms with E-state index >= 15 is 0 Å². The number of aromatic nitrogens is 4. The maximum absolute atomic E-state index is 13.2. The van der Waals surface area contributed by atoms with Crippen LogP contribution in [0.25, 0.3) is 23.2 Å². The number of carbonyl (C=O) groups is 1. The van der Waals surface area contributed by atoms with E-state index in [1.54, 1.807) is 24.5 Å². The smallest absolute Gasteiger partial charge is 0.274 e. The number of furan rings is 1. The number of tetrazole rings is 1. The van der Waals surface area contributed by atoms with E-state index in [0.29, 0.717) is 17.3 Å². The van der Waals surface area contributed by atoms with Crippen LogP contribution in [0.1, 0.15) is 16.9 Å². The van der Waals surface area contributed by atoms with E-state index in [0.717, 1.165) is 16.7 Å². The minimum absolute atomic E-state index is 0.238. The summed E-state index contributed by atoms with van der Waals surface area (Å²) in [5, 5.41) is 14.9. The van der Waals surface area contributed by atoms with Crippen LogP contribution in [0.5, 0.6) is 0 Å². The van der Waals surface area contributed by atoms with Gasteiger partial charge in [0.2, 0.25) is 0 Å². The molecule has 7 heteroatoms. The van der Waals surface area contributed by atoms with Crippen LogP contribution in [-0.4, -0.2) is 26.1 Å². The van der Waals surface area contributed by atoms with Crippen LogP contribution >= 0.6 is 0 Å². The second kappa shape index (κ2) is 7.93. The first-order chi connectivity index (χ1) is 14.1. The van der Waals surface area contributed by atoms with Gasteiger partial charge < -0.3 is 9.73 Å². The molecule has 1 amide bonds. The monoisotopic (exact) mass is 385 g/mol. The molecule has 0 radical (unpaired) electrons. The molecule has 144 valence electrons. The highest BCUT2D eigenvalue weighted by atomic mass is 16.3. The number of carbonyl (C=O) groups excluding carboxylic acids is 1. The molecule has 0 fully saturated rings. The molecule has 4 rings (SSSR count). The number of anilines is 1. The van der Waals surface area contributed by atoms with E-state index in [1.165, 1.54) is 4.68 Å². The number of benzene rings is 2. The van der Waals surface area contributed by atoms with Crippen LogP contribution in [0.15, 0.2) is 71.3 Å². The van der Waals surface area contributed by atoms with Crippen molar-refractivity contribution in [2.75, 3.05) is 5.32 Å². The van der Waals surface area contributed by atoms with E-state index in [1.807, 2.05) is 62.4 Å². The molecule has 7 nitrogen and oxygen atoms in total. The molecule has 0 aliphatic carbocycles. The van der Waals surface area contributed by atoms with Crippen molar-refractivity contribution in [1.29, 1.82) is 0 Å². The zero-order valence-corrected chi connectivity index (χ0v) is 16.0. The molecule has 0 spiro atoms. The molecule has 0 unspecified atom stereocenters. The van der Waals surface area contributed by atoms with Gasteiger partial charge in [-0.1, -0.05) is 36.4 Å². The average Bonchev–Trinajstić information content (AvgIpc) is 3.41. The Bertz CT molecular complexity index is 1160. The highest BCUT2D eigenvalue weighted by Gasteiger charge is 2.20. The summed E-state index contributed by atoms with van der Waals surface area (Å²) in [5.41, 5.74) is 3.97. The standard InChI is InChI=1S/C22H19N5O2/c1-15-10-11-18(13-16(15)2)23-22(28)20(14-19-9-6-12-29-19)27-21(24-25-26-27)17-7-4-3-5-8-17/h3-14H,1-2H3,(H,23,28)/b20-14-. The van der Waals surface area contributed by atoms with Crippen LogP contribution in [-0.2, 0) is 4.79 Å². The molecular formula is C22H19N5O2. The topological polar surface area (TPSA) is 85.8 Å². The maximum atomic E-state index is 13.2. The lowest BCUT2D eigenvalue weighted by molar-refractivity contribution is -0.111. The molecule has 0 atom stereocenters. The van der Waals surface area contributed by atoms with Crippen LogP contribution in [0.3, 0.4) is 0 Å². The quantitative estimate of drug-likeness (QED) is 0.521. The number of hydrogen-bond acceptors (Lipinski definition) is 5. The summed E-state index contributed by atoms with van der Waals surface area (Å²) in [5.74, 6) is 0.623. The van der Waals surface area contributed by atoms with Crippen molar-refractivity contribution < 1.29 is 9.21 Å². The van der Waals surface area contributed by atoms with Gasteiger partial charge in [0.25, 0.3) is 5.91 Å². The van der Waals surface area contributed by atoms with Crippen molar-refractivity contribution in [1.82, 2.24) is 20.2 Å². The Kier molecular flexibility index (Phi) is 5.03. The molecule has 4 aromatic rings. The Morgan fingerprint density at radius 3 is 2.59 bits per heavy atom. The van der Waals surface area contributed by atoms with Gasteiger partial charge in [0.15, 0.2) is 5.82 Å². The fourth-order valence-electron chi connectivity index (χ4n) is 2.86. The lowest BCUT2D eigenvalue weighted by Crippen LogP contribution is -2.19. The third kappa shape index (κ3) is 3.98. The van der Waals surface area contributed by atoms with Crippen molar-refractivity contribution >= 4 is 23.4 Å². The summed E-state index contributed by atoms with van der Waals surface area (Å²) in [6.45, 7) is 4.02. The molecule has 2 aromatic carbocycles. The molecule has 2 heterocycles. The largest absolute Gasteiger partial charge is 0.465 e. The third-order valence-corrected chi connectivity index (χ3v) is 4.55. The number of amides is 1. The van der Waals surface area contributed by atoms with Gasteiger partial charge in [0, 0.05) is 17.3 Å². The van der Waals surface area contributed by atoms with Gasteiger partial charge in [-0.05, 0) is 59.7 Å². The van der Waals surface area contributed by atoms with Crippen LogP contribution < -0.4 is 5.32 Å². The highest BCUT2D eigenvalue weighted by molar-refractivity contribution is 6.24. The van der Waals surface area contributed by atoms with Gasteiger partial charge in [-0.2, -0.15) is 4.68 Å². The summed E-state index contributed by atoms with van der Waals surface area (Å²) in [7, 11) is 0. The zero-order chi connectivity index (χ0) is 20.2.